The Morgan fingerprint density at radius 2 is 1.57 bits per heavy atom. The second-order valence-corrected chi connectivity index (χ2v) is 15.3. The average molecular weight is 769 g/mol. The van der Waals surface area contributed by atoms with Crippen LogP contribution >= 0.6 is 0 Å². The number of Topliss-reactive ketones (excluding diaryl/α,β-unsaturated/α-hetero) is 1. The molecule has 0 spiro atoms. The number of likely N-dealkylation sites (N-methyl/N-ethyl adjacent to an activating group) is 2. The molecule has 2 heterocycles. The summed E-state index contributed by atoms with van der Waals surface area (Å²) in [5.74, 6) is 5.28. The average Bonchev–Trinajstić information content (AvgIpc) is 3.95. The number of rotatable bonds is 16. The molecule has 302 valence electrons. The molecule has 12 nitrogen and oxygen atoms in total. The third-order valence-electron chi connectivity index (χ3n) is 11.6. The zero-order valence-electron chi connectivity index (χ0n) is 33.7. The highest BCUT2D eigenvalue weighted by molar-refractivity contribution is 5.95. The summed E-state index contributed by atoms with van der Waals surface area (Å²) in [5.41, 5.74) is 3.90. The third-order valence-corrected chi connectivity index (χ3v) is 11.6. The van der Waals surface area contributed by atoms with Crippen molar-refractivity contribution in [2.45, 2.75) is 121 Å². The number of nitrogens with zero attached hydrogens (tertiary/aromatic N) is 2. The van der Waals surface area contributed by atoms with Crippen molar-refractivity contribution in [3.63, 3.8) is 0 Å². The fourth-order valence-electron chi connectivity index (χ4n) is 8.12. The van der Waals surface area contributed by atoms with E-state index in [0.717, 1.165) is 32.1 Å². The molecule has 7 atom stereocenters. The number of ether oxygens (including phenoxy) is 1. The second kappa shape index (κ2) is 20.6. The molecule has 2 fully saturated rings. The Bertz CT molecular complexity index is 1740. The maximum atomic E-state index is 14.2. The second-order valence-electron chi connectivity index (χ2n) is 15.3. The maximum Gasteiger partial charge on any atom is 0.249 e. The Kier molecular flexibility index (Phi) is 15.6. The summed E-state index contributed by atoms with van der Waals surface area (Å²) in [7, 11) is 3.40. The van der Waals surface area contributed by atoms with Gasteiger partial charge in [-0.15, -0.1) is 0 Å². The van der Waals surface area contributed by atoms with Crippen molar-refractivity contribution in [2.75, 3.05) is 40.3 Å². The van der Waals surface area contributed by atoms with Crippen LogP contribution in [0.1, 0.15) is 106 Å². The molecular weight excluding hydrogens is 709 g/mol. The maximum absolute atomic E-state index is 14.2. The van der Waals surface area contributed by atoms with E-state index in [1.165, 1.54) is 11.1 Å². The smallest absolute Gasteiger partial charge is 0.249 e. The predicted molar refractivity (Wildman–Crippen MR) is 216 cm³/mol. The molecule has 0 unspecified atom stereocenters. The zero-order chi connectivity index (χ0) is 40.2. The number of hydrogen-bond donors (Lipinski definition) is 4. The summed E-state index contributed by atoms with van der Waals surface area (Å²) in [5, 5.41) is 11.8. The highest BCUT2D eigenvalue weighted by Gasteiger charge is 2.41. The minimum Gasteiger partial charge on any atom is -0.363 e. The van der Waals surface area contributed by atoms with E-state index in [-0.39, 0.29) is 41.9 Å². The molecular formula is C44H60N6O6. The number of benzene rings is 2. The molecule has 12 heteroatoms. The quantitative estimate of drug-likeness (QED) is 0.190. The molecule has 3 aliphatic rings. The van der Waals surface area contributed by atoms with Gasteiger partial charge in [-0.25, -0.2) is 0 Å². The molecule has 0 saturated carbocycles. The van der Waals surface area contributed by atoms with Gasteiger partial charge in [-0.1, -0.05) is 55.2 Å². The van der Waals surface area contributed by atoms with E-state index in [9.17, 15) is 24.0 Å². The normalized spacial score (nSPS) is 20.4. The first-order valence-electron chi connectivity index (χ1n) is 20.4. The molecule has 1 aliphatic carbocycles. The van der Waals surface area contributed by atoms with Crippen LogP contribution < -0.4 is 21.3 Å². The molecule has 2 aliphatic heterocycles. The lowest BCUT2D eigenvalue weighted by Crippen LogP contribution is -2.58. The Morgan fingerprint density at radius 1 is 0.839 bits per heavy atom. The van der Waals surface area contributed by atoms with Crippen molar-refractivity contribution in [1.82, 2.24) is 31.1 Å². The fraction of sp³-hybridized carbons (Fsp3) is 0.568. The predicted octanol–water partition coefficient (Wildman–Crippen LogP) is 3.38. The SMILES string of the molecule is CC[C@H](NC)C(=O)N[C@H](C(=O)N1CCCC1)c1ccc(C#CCO[C@H](C)[C@H](NC(=O)[C@H](C)NC)C(=O)N2CCC[C@H]2C(=O)C[C@@H]2CCCc3ccccc32)cc1. The largest absolute Gasteiger partial charge is 0.363 e. The first-order valence-corrected chi connectivity index (χ1v) is 20.4. The number of fused-ring (bicyclic) bond motifs is 1. The van der Waals surface area contributed by atoms with Gasteiger partial charge in [0.05, 0.1) is 24.2 Å². The number of carbonyl (C=O) groups is 5. The Balaban J connectivity index is 1.24. The molecule has 4 N–H and O–H groups in total. The number of nitrogens with one attached hydrogen (secondary N) is 4. The summed E-state index contributed by atoms with van der Waals surface area (Å²) in [6, 6.07) is 12.3. The highest BCUT2D eigenvalue weighted by atomic mass is 16.5. The minimum atomic E-state index is -1.02. The first kappa shape index (κ1) is 42.6. The van der Waals surface area contributed by atoms with Crippen LogP contribution in [0, 0.1) is 11.8 Å². The van der Waals surface area contributed by atoms with E-state index in [1.807, 2.05) is 19.1 Å². The number of hydrogen-bond acceptors (Lipinski definition) is 8. The topological polar surface area (TPSA) is 149 Å². The van der Waals surface area contributed by atoms with E-state index in [4.69, 9.17) is 4.74 Å². The minimum absolute atomic E-state index is 0.0118. The molecule has 56 heavy (non-hydrogen) atoms. The Labute approximate surface area is 332 Å². The van der Waals surface area contributed by atoms with E-state index in [0.29, 0.717) is 56.4 Å². The number of ketones is 1. The van der Waals surface area contributed by atoms with Gasteiger partial charge < -0.3 is 35.8 Å². The number of amides is 4. The Morgan fingerprint density at radius 3 is 2.27 bits per heavy atom. The van der Waals surface area contributed by atoms with E-state index >= 15 is 0 Å². The summed E-state index contributed by atoms with van der Waals surface area (Å²) in [4.78, 5) is 71.1. The summed E-state index contributed by atoms with van der Waals surface area (Å²) in [6.07, 6.45) is 6.46. The van der Waals surface area contributed by atoms with Crippen LogP contribution in [0.3, 0.4) is 0 Å². The summed E-state index contributed by atoms with van der Waals surface area (Å²) in [6.45, 7) is 7.14. The van der Waals surface area contributed by atoms with Crippen LogP contribution in [0.4, 0.5) is 0 Å². The van der Waals surface area contributed by atoms with Crippen LogP contribution in [-0.4, -0.2) is 110 Å². The standard InChI is InChI=1S/C44H60N6O6/c1-6-36(46-5)42(53)48-40(43(54)49-24-9-10-25-49)33-22-20-31(21-23-33)14-13-27-56-30(3)39(47-41(52)29(2)45-4)44(55)50-26-12-19-37(50)38(51)28-34-17-11-16-32-15-7-8-18-35(32)34/h7-8,15,18,20-23,29-30,34,36-37,39-40,45-46H,6,9-12,16-17,19,24-28H2,1-5H3,(H,47,52)(H,48,53)/t29-,30+,34-,36-,37-,39-,40-/m0/s1. The number of likely N-dealkylation sites (tertiary alicyclic amines) is 2. The van der Waals surface area contributed by atoms with Crippen molar-refractivity contribution >= 4 is 29.4 Å². The fourth-order valence-corrected chi connectivity index (χ4v) is 8.12. The van der Waals surface area contributed by atoms with Crippen LogP contribution in [-0.2, 0) is 35.1 Å². The monoisotopic (exact) mass is 768 g/mol. The van der Waals surface area contributed by atoms with Gasteiger partial charge in [0.1, 0.15) is 18.7 Å². The molecule has 2 saturated heterocycles. The van der Waals surface area contributed by atoms with Crippen molar-refractivity contribution in [3.05, 3.63) is 70.8 Å². The van der Waals surface area contributed by atoms with Gasteiger partial charge in [0.25, 0.3) is 0 Å². The van der Waals surface area contributed by atoms with Gasteiger partial charge in [0.2, 0.25) is 23.6 Å². The van der Waals surface area contributed by atoms with Crippen LogP contribution in [0.2, 0.25) is 0 Å². The molecule has 0 aromatic heterocycles. The molecule has 0 bridgehead atoms. The third kappa shape index (κ3) is 10.6. The Hall–Kier alpha value is -4.57. The lowest BCUT2D eigenvalue weighted by Gasteiger charge is -2.33. The lowest BCUT2D eigenvalue weighted by atomic mass is 9.79. The van der Waals surface area contributed by atoms with E-state index in [1.54, 1.807) is 62.0 Å². The highest BCUT2D eigenvalue weighted by Crippen LogP contribution is 2.35. The molecule has 2 aromatic rings. The zero-order valence-corrected chi connectivity index (χ0v) is 33.7. The van der Waals surface area contributed by atoms with Gasteiger partial charge >= 0.3 is 0 Å². The van der Waals surface area contributed by atoms with E-state index in [2.05, 4.69) is 45.2 Å². The van der Waals surface area contributed by atoms with Gasteiger partial charge in [0.15, 0.2) is 5.78 Å². The van der Waals surface area contributed by atoms with Crippen LogP contribution in [0.25, 0.3) is 0 Å². The summed E-state index contributed by atoms with van der Waals surface area (Å²) < 4.78 is 6.07. The van der Waals surface area contributed by atoms with Gasteiger partial charge in [-0.2, -0.15) is 0 Å². The van der Waals surface area contributed by atoms with Crippen LogP contribution in [0.15, 0.2) is 48.5 Å². The molecule has 0 radical (unpaired) electrons. The molecule has 4 amide bonds. The molecule has 5 rings (SSSR count). The van der Waals surface area contributed by atoms with Crippen molar-refractivity contribution in [2.24, 2.45) is 0 Å². The van der Waals surface area contributed by atoms with Gasteiger partial charge in [-0.3, -0.25) is 24.0 Å². The number of aryl methyl sites for hydroxylation is 1. The lowest BCUT2D eigenvalue weighted by molar-refractivity contribution is -0.144. The van der Waals surface area contributed by atoms with Gasteiger partial charge in [-0.05, 0) is 114 Å². The molecule has 2 aromatic carbocycles. The first-order chi connectivity index (χ1) is 27.1. The van der Waals surface area contributed by atoms with Crippen molar-refractivity contribution in [3.8, 4) is 11.8 Å². The van der Waals surface area contributed by atoms with Gasteiger partial charge in [0, 0.05) is 31.6 Å². The van der Waals surface area contributed by atoms with Crippen molar-refractivity contribution in [1.29, 1.82) is 0 Å². The van der Waals surface area contributed by atoms with E-state index < -0.39 is 36.3 Å². The number of carbonyl (C=O) groups excluding carboxylic acids is 5. The van der Waals surface area contributed by atoms with Crippen LogP contribution in [0.5, 0.6) is 0 Å². The van der Waals surface area contributed by atoms with Crippen molar-refractivity contribution < 1.29 is 28.7 Å². The summed E-state index contributed by atoms with van der Waals surface area (Å²) >= 11 is 0.